The molecule has 1 amide bonds. The fraction of sp³-hybridized carbons (Fsp3) is 0.357. The molecule has 2 aromatic heterocycles. The lowest BCUT2D eigenvalue weighted by Crippen LogP contribution is -2.27. The summed E-state index contributed by atoms with van der Waals surface area (Å²) in [4.78, 5) is 22.7. The lowest BCUT2D eigenvalue weighted by molar-refractivity contribution is 0.0635. The molecule has 2 rings (SSSR count). The summed E-state index contributed by atoms with van der Waals surface area (Å²) in [6.45, 7) is 6.05. The van der Waals surface area contributed by atoms with Gasteiger partial charge >= 0.3 is 6.09 Å². The molecule has 0 aliphatic carbocycles. The first-order chi connectivity index (χ1) is 9.92. The number of carbonyl (C=O) groups excluding carboxylic acids is 1. The van der Waals surface area contributed by atoms with E-state index in [1.807, 2.05) is 26.8 Å². The molecule has 112 valence electrons. The smallest absolute Gasteiger partial charge is 0.413 e. The quantitative estimate of drug-likeness (QED) is 0.805. The number of pyridine rings is 1. The molecule has 2 aromatic rings. The number of carbonyl (C=O) groups is 1. The van der Waals surface area contributed by atoms with Crippen molar-refractivity contribution in [2.75, 3.05) is 10.6 Å². The molecule has 21 heavy (non-hydrogen) atoms. The highest BCUT2D eigenvalue weighted by Gasteiger charge is 2.16. The van der Waals surface area contributed by atoms with Gasteiger partial charge in [-0.25, -0.2) is 14.8 Å². The van der Waals surface area contributed by atoms with Crippen molar-refractivity contribution in [3.05, 3.63) is 36.5 Å². The number of anilines is 2. The van der Waals surface area contributed by atoms with E-state index in [1.165, 1.54) is 0 Å². The second-order valence-electron chi connectivity index (χ2n) is 5.49. The number of aromatic nitrogens is 3. The predicted octanol–water partition coefficient (Wildman–Crippen LogP) is 2.76. The minimum Gasteiger partial charge on any atom is -0.444 e. The summed E-state index contributed by atoms with van der Waals surface area (Å²) in [5.74, 6) is 0.441. The van der Waals surface area contributed by atoms with Gasteiger partial charge in [-0.3, -0.25) is 5.32 Å². The van der Waals surface area contributed by atoms with Crippen LogP contribution < -0.4 is 10.6 Å². The van der Waals surface area contributed by atoms with E-state index < -0.39 is 11.7 Å². The van der Waals surface area contributed by atoms with Crippen molar-refractivity contribution in [3.63, 3.8) is 0 Å². The van der Waals surface area contributed by atoms with Crippen LogP contribution in [-0.2, 0) is 11.3 Å². The Kier molecular flexibility index (Phi) is 4.42. The first-order valence-electron chi connectivity index (χ1n) is 6.59. The Labute approximate surface area is 123 Å². The Bertz CT molecular complexity index is 572. The van der Waals surface area contributed by atoms with Gasteiger partial charge in [0.05, 0.1) is 30.5 Å². The highest BCUT2D eigenvalue weighted by molar-refractivity contribution is 5.83. The molecule has 0 aliphatic rings. The van der Waals surface area contributed by atoms with Gasteiger partial charge in [-0.15, -0.1) is 0 Å². The lowest BCUT2D eigenvalue weighted by Gasteiger charge is -2.19. The number of ether oxygens (including phenoxy) is 1. The number of aromatic amines is 1. The van der Waals surface area contributed by atoms with Gasteiger partial charge in [0, 0.05) is 6.20 Å². The fourth-order valence-electron chi connectivity index (χ4n) is 1.56. The summed E-state index contributed by atoms with van der Waals surface area (Å²) in [7, 11) is 0. The Morgan fingerprint density at radius 3 is 2.71 bits per heavy atom. The van der Waals surface area contributed by atoms with Crippen LogP contribution in [0.15, 0.2) is 30.9 Å². The number of H-pyrrole nitrogens is 1. The summed E-state index contributed by atoms with van der Waals surface area (Å²) in [6, 6.07) is 3.54. The van der Waals surface area contributed by atoms with Gasteiger partial charge in [-0.1, -0.05) is 0 Å². The van der Waals surface area contributed by atoms with Crippen LogP contribution in [0.2, 0.25) is 0 Å². The summed E-state index contributed by atoms with van der Waals surface area (Å²) in [6.07, 6.45) is 4.50. The van der Waals surface area contributed by atoms with Gasteiger partial charge in [0.25, 0.3) is 0 Å². The van der Waals surface area contributed by atoms with Crippen molar-refractivity contribution in [2.45, 2.75) is 32.9 Å². The molecule has 0 saturated carbocycles. The Morgan fingerprint density at radius 2 is 2.14 bits per heavy atom. The molecule has 0 atom stereocenters. The van der Waals surface area contributed by atoms with Gasteiger partial charge in [-0.2, -0.15) is 0 Å². The van der Waals surface area contributed by atoms with Crippen molar-refractivity contribution in [2.24, 2.45) is 0 Å². The number of amides is 1. The predicted molar refractivity (Wildman–Crippen MR) is 80.0 cm³/mol. The van der Waals surface area contributed by atoms with E-state index in [9.17, 15) is 4.79 Å². The average molecular weight is 289 g/mol. The molecule has 0 fully saturated rings. The fourth-order valence-corrected chi connectivity index (χ4v) is 1.56. The Balaban J connectivity index is 1.85. The van der Waals surface area contributed by atoms with E-state index in [-0.39, 0.29) is 0 Å². The molecule has 0 bridgehead atoms. The Morgan fingerprint density at radius 1 is 1.33 bits per heavy atom. The van der Waals surface area contributed by atoms with Gasteiger partial charge in [-0.05, 0) is 32.9 Å². The van der Waals surface area contributed by atoms with E-state index in [2.05, 4.69) is 25.6 Å². The van der Waals surface area contributed by atoms with E-state index >= 15 is 0 Å². The number of rotatable bonds is 4. The molecule has 2 heterocycles. The molecule has 3 N–H and O–H groups in total. The highest BCUT2D eigenvalue weighted by atomic mass is 16.6. The normalized spacial score (nSPS) is 11.0. The molecule has 0 aromatic carbocycles. The molecule has 0 aliphatic heterocycles. The van der Waals surface area contributed by atoms with Crippen LogP contribution in [0.25, 0.3) is 0 Å². The lowest BCUT2D eigenvalue weighted by atomic mass is 10.2. The van der Waals surface area contributed by atoms with E-state index in [1.54, 1.807) is 24.8 Å². The standard InChI is InChI=1S/C14H19N5O2/c1-14(2,3)21-13(20)19-12-5-4-10(7-17-12)16-8-11-6-15-9-18-11/h4-7,9,16H,8H2,1-3H3,(H,15,18)(H,17,19,20). The van der Waals surface area contributed by atoms with E-state index in [0.29, 0.717) is 12.4 Å². The van der Waals surface area contributed by atoms with Crippen molar-refractivity contribution in [1.82, 2.24) is 15.0 Å². The third-order valence-electron chi connectivity index (χ3n) is 2.43. The number of hydrogen-bond donors (Lipinski definition) is 3. The molecule has 0 unspecified atom stereocenters. The second-order valence-corrected chi connectivity index (χ2v) is 5.49. The molecule has 0 radical (unpaired) electrons. The third-order valence-corrected chi connectivity index (χ3v) is 2.43. The Hall–Kier alpha value is -2.57. The maximum atomic E-state index is 11.6. The van der Waals surface area contributed by atoms with Crippen molar-refractivity contribution in [1.29, 1.82) is 0 Å². The van der Waals surface area contributed by atoms with Gasteiger partial charge in [0.1, 0.15) is 11.4 Å². The monoisotopic (exact) mass is 289 g/mol. The van der Waals surface area contributed by atoms with Crippen LogP contribution in [0, 0.1) is 0 Å². The van der Waals surface area contributed by atoms with Crippen LogP contribution in [0.1, 0.15) is 26.5 Å². The van der Waals surface area contributed by atoms with Crippen LogP contribution in [-0.4, -0.2) is 26.6 Å². The summed E-state index contributed by atoms with van der Waals surface area (Å²) < 4.78 is 5.15. The maximum absolute atomic E-state index is 11.6. The topological polar surface area (TPSA) is 91.9 Å². The second kappa shape index (κ2) is 6.25. The minimum atomic E-state index is -0.532. The van der Waals surface area contributed by atoms with Gasteiger partial charge in [0.15, 0.2) is 0 Å². The average Bonchev–Trinajstić information content (AvgIpc) is 2.89. The molecule has 7 heteroatoms. The molecule has 0 saturated heterocycles. The third kappa shape index (κ3) is 5.13. The van der Waals surface area contributed by atoms with Crippen LogP contribution in [0.5, 0.6) is 0 Å². The highest BCUT2D eigenvalue weighted by Crippen LogP contribution is 2.13. The molecular weight excluding hydrogens is 270 g/mol. The van der Waals surface area contributed by atoms with Crippen molar-refractivity contribution in [3.8, 4) is 0 Å². The zero-order valence-electron chi connectivity index (χ0n) is 12.3. The summed E-state index contributed by atoms with van der Waals surface area (Å²) in [5, 5.41) is 5.77. The first-order valence-corrected chi connectivity index (χ1v) is 6.59. The van der Waals surface area contributed by atoms with E-state index in [4.69, 9.17) is 4.74 Å². The first kappa shape index (κ1) is 14.8. The van der Waals surface area contributed by atoms with Gasteiger partial charge < -0.3 is 15.0 Å². The SMILES string of the molecule is CC(C)(C)OC(=O)Nc1ccc(NCc2cnc[nH]2)cn1. The number of nitrogens with one attached hydrogen (secondary N) is 3. The minimum absolute atomic E-state index is 0.441. The number of imidazole rings is 1. The van der Waals surface area contributed by atoms with Crippen LogP contribution in [0.3, 0.4) is 0 Å². The van der Waals surface area contributed by atoms with Crippen LogP contribution in [0.4, 0.5) is 16.3 Å². The summed E-state index contributed by atoms with van der Waals surface area (Å²) >= 11 is 0. The van der Waals surface area contributed by atoms with Gasteiger partial charge in [0.2, 0.25) is 0 Å². The summed E-state index contributed by atoms with van der Waals surface area (Å²) in [5.41, 5.74) is 1.29. The molecule has 7 nitrogen and oxygen atoms in total. The largest absolute Gasteiger partial charge is 0.444 e. The zero-order chi connectivity index (χ0) is 15.3. The number of nitrogens with zero attached hydrogens (tertiary/aromatic N) is 2. The van der Waals surface area contributed by atoms with Crippen molar-refractivity contribution >= 4 is 17.6 Å². The van der Waals surface area contributed by atoms with Crippen LogP contribution >= 0.6 is 0 Å². The maximum Gasteiger partial charge on any atom is 0.413 e. The molecule has 0 spiro atoms. The zero-order valence-corrected chi connectivity index (χ0v) is 12.3. The van der Waals surface area contributed by atoms with Crippen molar-refractivity contribution < 1.29 is 9.53 Å². The number of hydrogen-bond acceptors (Lipinski definition) is 5. The molecular formula is C14H19N5O2. The van der Waals surface area contributed by atoms with E-state index in [0.717, 1.165) is 11.4 Å².